The van der Waals surface area contributed by atoms with Gasteiger partial charge in [0.15, 0.2) is 5.78 Å². The van der Waals surface area contributed by atoms with E-state index in [1.165, 1.54) is 0 Å². The first kappa shape index (κ1) is 19.6. The smallest absolute Gasteiger partial charge is 0.343 e. The van der Waals surface area contributed by atoms with E-state index in [0.29, 0.717) is 41.9 Å². The number of ketones is 1. The Balaban J connectivity index is 2.41. The van der Waals surface area contributed by atoms with Crippen LogP contribution in [0.25, 0.3) is 0 Å². The van der Waals surface area contributed by atoms with Gasteiger partial charge in [0, 0.05) is 12.8 Å². The zero-order chi connectivity index (χ0) is 19.2. The van der Waals surface area contributed by atoms with Gasteiger partial charge in [-0.15, -0.1) is 0 Å². The average molecular weight is 355 g/mol. The standard InChI is InChI=1S/C21H25NO4/c1-5-12-25-22-16(6-2)19-17(23)13-21(3,4)14-18(19)26-20(24)15-10-8-7-9-11-15/h5,7-11H,1,6,12-14H2,2-4H3. The third kappa shape index (κ3) is 4.91. The van der Waals surface area contributed by atoms with Gasteiger partial charge in [-0.3, -0.25) is 4.79 Å². The number of hydrogen-bond acceptors (Lipinski definition) is 5. The van der Waals surface area contributed by atoms with Crippen LogP contribution in [0.5, 0.6) is 0 Å². The Hall–Kier alpha value is -2.69. The van der Waals surface area contributed by atoms with Crippen molar-refractivity contribution in [2.24, 2.45) is 10.6 Å². The third-order valence-electron chi connectivity index (χ3n) is 4.05. The number of hydrogen-bond donors (Lipinski definition) is 0. The van der Waals surface area contributed by atoms with E-state index in [2.05, 4.69) is 11.7 Å². The summed E-state index contributed by atoms with van der Waals surface area (Å²) < 4.78 is 5.65. The summed E-state index contributed by atoms with van der Waals surface area (Å²) in [7, 11) is 0. The quantitative estimate of drug-likeness (QED) is 0.238. The molecule has 0 spiro atoms. The summed E-state index contributed by atoms with van der Waals surface area (Å²) in [6, 6.07) is 8.72. The number of allylic oxidation sites excluding steroid dienone is 2. The fourth-order valence-corrected chi connectivity index (χ4v) is 2.87. The topological polar surface area (TPSA) is 65.0 Å². The Morgan fingerprint density at radius 3 is 2.58 bits per heavy atom. The van der Waals surface area contributed by atoms with Crippen LogP contribution in [0.4, 0.5) is 0 Å². The minimum atomic E-state index is -0.480. The van der Waals surface area contributed by atoms with Crippen molar-refractivity contribution < 1.29 is 19.2 Å². The Bertz CT molecular complexity index is 745. The van der Waals surface area contributed by atoms with Crippen molar-refractivity contribution in [3.05, 3.63) is 59.9 Å². The second kappa shape index (κ2) is 8.61. The molecule has 2 rings (SSSR count). The predicted molar refractivity (Wildman–Crippen MR) is 101 cm³/mol. The summed E-state index contributed by atoms with van der Waals surface area (Å²) in [6.07, 6.45) is 2.92. The SMILES string of the molecule is C=CCON=C(CC)C1=C(OC(=O)c2ccccc2)CC(C)(C)CC1=O. The Labute approximate surface area is 154 Å². The molecule has 0 aromatic heterocycles. The van der Waals surface area contributed by atoms with Crippen LogP contribution in [0.1, 0.15) is 50.4 Å². The molecule has 1 aromatic carbocycles. The Morgan fingerprint density at radius 1 is 1.27 bits per heavy atom. The van der Waals surface area contributed by atoms with Crippen molar-refractivity contribution in [1.82, 2.24) is 0 Å². The maximum Gasteiger partial charge on any atom is 0.343 e. The molecule has 0 aliphatic heterocycles. The van der Waals surface area contributed by atoms with Crippen LogP contribution in [0.3, 0.4) is 0 Å². The highest BCUT2D eigenvalue weighted by molar-refractivity contribution is 6.23. The molecule has 1 aromatic rings. The van der Waals surface area contributed by atoms with E-state index < -0.39 is 5.97 Å². The second-order valence-corrected chi connectivity index (χ2v) is 6.97. The van der Waals surface area contributed by atoms with Crippen LogP contribution < -0.4 is 0 Å². The van der Waals surface area contributed by atoms with Crippen LogP contribution in [0.15, 0.2) is 59.5 Å². The zero-order valence-electron chi connectivity index (χ0n) is 15.6. The van der Waals surface area contributed by atoms with Gasteiger partial charge in [0.25, 0.3) is 0 Å². The van der Waals surface area contributed by atoms with Gasteiger partial charge in [-0.05, 0) is 24.0 Å². The highest BCUT2D eigenvalue weighted by Crippen LogP contribution is 2.38. The molecule has 0 bridgehead atoms. The van der Waals surface area contributed by atoms with Crippen LogP contribution >= 0.6 is 0 Å². The zero-order valence-corrected chi connectivity index (χ0v) is 15.6. The van der Waals surface area contributed by atoms with E-state index in [1.54, 1.807) is 30.3 Å². The van der Waals surface area contributed by atoms with Gasteiger partial charge in [-0.1, -0.05) is 56.8 Å². The first-order valence-corrected chi connectivity index (χ1v) is 8.71. The maximum absolute atomic E-state index is 12.8. The number of oxime groups is 1. The fourth-order valence-electron chi connectivity index (χ4n) is 2.87. The monoisotopic (exact) mass is 355 g/mol. The maximum atomic E-state index is 12.8. The number of carbonyl (C=O) groups is 2. The number of Topliss-reactive ketones (excluding diaryl/α,β-unsaturated/α-hetero) is 1. The highest BCUT2D eigenvalue weighted by Gasteiger charge is 2.37. The number of ether oxygens (including phenoxy) is 1. The van der Waals surface area contributed by atoms with Gasteiger partial charge < -0.3 is 9.57 Å². The first-order valence-electron chi connectivity index (χ1n) is 8.71. The molecule has 0 fully saturated rings. The summed E-state index contributed by atoms with van der Waals surface area (Å²) in [5.41, 5.74) is 1.00. The minimum Gasteiger partial charge on any atom is -0.427 e. The fraction of sp³-hybridized carbons (Fsp3) is 0.381. The molecule has 0 saturated heterocycles. The van der Waals surface area contributed by atoms with Crippen LogP contribution in [-0.2, 0) is 14.4 Å². The van der Waals surface area contributed by atoms with E-state index >= 15 is 0 Å². The number of carbonyl (C=O) groups excluding carboxylic acids is 2. The minimum absolute atomic E-state index is 0.0834. The van der Waals surface area contributed by atoms with E-state index in [0.717, 1.165) is 0 Å². The van der Waals surface area contributed by atoms with Gasteiger partial charge in [-0.2, -0.15) is 0 Å². The van der Waals surface area contributed by atoms with Crippen LogP contribution in [0, 0.1) is 5.41 Å². The van der Waals surface area contributed by atoms with Crippen LogP contribution in [0.2, 0.25) is 0 Å². The second-order valence-electron chi connectivity index (χ2n) is 6.97. The normalized spacial score (nSPS) is 17.0. The molecule has 5 heteroatoms. The predicted octanol–water partition coefficient (Wildman–Crippen LogP) is 4.46. The molecule has 0 heterocycles. The molecule has 1 aliphatic carbocycles. The summed E-state index contributed by atoms with van der Waals surface area (Å²) >= 11 is 0. The molecule has 1 aliphatic rings. The van der Waals surface area contributed by atoms with E-state index in [9.17, 15) is 9.59 Å². The van der Waals surface area contributed by atoms with Gasteiger partial charge >= 0.3 is 5.97 Å². The first-order chi connectivity index (χ1) is 12.4. The van der Waals surface area contributed by atoms with Crippen molar-refractivity contribution in [3.63, 3.8) is 0 Å². The molecule has 5 nitrogen and oxygen atoms in total. The van der Waals surface area contributed by atoms with E-state index in [1.807, 2.05) is 26.8 Å². The molecule has 0 atom stereocenters. The third-order valence-corrected chi connectivity index (χ3v) is 4.05. The summed E-state index contributed by atoms with van der Waals surface area (Å²) in [6.45, 7) is 9.66. The average Bonchev–Trinajstić information content (AvgIpc) is 2.59. The van der Waals surface area contributed by atoms with Crippen molar-refractivity contribution in [3.8, 4) is 0 Å². The summed E-state index contributed by atoms with van der Waals surface area (Å²) in [5.74, 6) is -0.200. The lowest BCUT2D eigenvalue weighted by Gasteiger charge is -2.31. The van der Waals surface area contributed by atoms with Crippen molar-refractivity contribution in [1.29, 1.82) is 0 Å². The lowest BCUT2D eigenvalue weighted by Crippen LogP contribution is -2.31. The lowest BCUT2D eigenvalue weighted by atomic mass is 9.75. The number of rotatable bonds is 7. The van der Waals surface area contributed by atoms with Crippen LogP contribution in [-0.4, -0.2) is 24.1 Å². The molecular weight excluding hydrogens is 330 g/mol. The molecule has 0 amide bonds. The van der Waals surface area contributed by atoms with Gasteiger partial charge in [0.2, 0.25) is 0 Å². The molecule has 0 N–H and O–H groups in total. The lowest BCUT2D eigenvalue weighted by molar-refractivity contribution is -0.118. The number of nitrogens with zero attached hydrogens (tertiary/aromatic N) is 1. The van der Waals surface area contributed by atoms with Crippen molar-refractivity contribution in [2.45, 2.75) is 40.0 Å². The number of benzene rings is 1. The highest BCUT2D eigenvalue weighted by atomic mass is 16.6. The molecule has 0 saturated carbocycles. The summed E-state index contributed by atoms with van der Waals surface area (Å²) in [5, 5.41) is 4.06. The summed E-state index contributed by atoms with van der Waals surface area (Å²) in [4.78, 5) is 30.4. The van der Waals surface area contributed by atoms with Gasteiger partial charge in [-0.25, -0.2) is 4.79 Å². The van der Waals surface area contributed by atoms with Gasteiger partial charge in [0.05, 0.1) is 16.8 Å². The van der Waals surface area contributed by atoms with E-state index in [4.69, 9.17) is 9.57 Å². The molecule has 0 radical (unpaired) electrons. The molecule has 138 valence electrons. The van der Waals surface area contributed by atoms with Gasteiger partial charge in [0.1, 0.15) is 12.4 Å². The number of esters is 1. The van der Waals surface area contributed by atoms with Crippen molar-refractivity contribution >= 4 is 17.5 Å². The Morgan fingerprint density at radius 2 is 1.96 bits per heavy atom. The largest absolute Gasteiger partial charge is 0.427 e. The van der Waals surface area contributed by atoms with Crippen molar-refractivity contribution in [2.75, 3.05) is 6.61 Å². The molecule has 26 heavy (non-hydrogen) atoms. The molecule has 0 unspecified atom stereocenters. The Kier molecular flexibility index (Phi) is 6.50. The molecular formula is C21H25NO4. The van der Waals surface area contributed by atoms with E-state index in [-0.39, 0.29) is 17.8 Å².